The fraction of sp³-hybridized carbons (Fsp3) is 0.222. The molecule has 1 aliphatic heterocycles. The second-order valence-corrected chi connectivity index (χ2v) is 5.88. The third kappa shape index (κ3) is 4.45. The van der Waals surface area contributed by atoms with Crippen LogP contribution in [0.3, 0.4) is 0 Å². The lowest BCUT2D eigenvalue weighted by Gasteiger charge is -2.15. The number of hydrogen-bond donors (Lipinski definition) is 3. The topological polar surface area (TPSA) is 88.7 Å². The van der Waals surface area contributed by atoms with Crippen LogP contribution in [0, 0.1) is 0 Å². The summed E-state index contributed by atoms with van der Waals surface area (Å²) < 4.78 is 48.6. The van der Waals surface area contributed by atoms with Crippen molar-refractivity contribution in [2.45, 2.75) is 12.2 Å². The van der Waals surface area contributed by atoms with Gasteiger partial charge < -0.3 is 25.4 Å². The molecule has 3 N–H and O–H groups in total. The Morgan fingerprint density at radius 3 is 2.39 bits per heavy atom. The van der Waals surface area contributed by atoms with Gasteiger partial charge >= 0.3 is 12.2 Å². The Morgan fingerprint density at radius 1 is 1.14 bits per heavy atom. The van der Waals surface area contributed by atoms with Gasteiger partial charge in [0.1, 0.15) is 23.3 Å². The molecule has 2 aromatic carbocycles. The highest BCUT2D eigenvalue weighted by Gasteiger charge is 2.30. The zero-order valence-electron chi connectivity index (χ0n) is 14.6. The first kappa shape index (κ1) is 19.3. The number of carbonyl (C=O) groups is 2. The first-order valence-corrected chi connectivity index (χ1v) is 8.14. The summed E-state index contributed by atoms with van der Waals surface area (Å²) in [5.41, 5.74) is -0.493. The molecule has 1 atom stereocenters. The summed E-state index contributed by atoms with van der Waals surface area (Å²) in [4.78, 5) is 23.4. The van der Waals surface area contributed by atoms with Gasteiger partial charge in [0.05, 0.1) is 18.4 Å². The van der Waals surface area contributed by atoms with E-state index in [9.17, 15) is 22.8 Å². The highest BCUT2D eigenvalue weighted by atomic mass is 19.4. The molecule has 7 nitrogen and oxygen atoms in total. The number of carbonyl (C=O) groups excluding carboxylic acids is 2. The Balaban J connectivity index is 1.75. The maximum atomic E-state index is 12.6. The summed E-state index contributed by atoms with van der Waals surface area (Å²) in [5, 5.41) is 7.57. The number of halogens is 3. The highest BCUT2D eigenvalue weighted by Crippen LogP contribution is 2.34. The van der Waals surface area contributed by atoms with E-state index >= 15 is 0 Å². The predicted octanol–water partition coefficient (Wildman–Crippen LogP) is 3.13. The molecule has 148 valence electrons. The van der Waals surface area contributed by atoms with Crippen LogP contribution in [-0.2, 0) is 11.0 Å². The van der Waals surface area contributed by atoms with Crippen molar-refractivity contribution in [2.24, 2.45) is 0 Å². The average molecular weight is 395 g/mol. The number of nitrogens with one attached hydrogen (secondary N) is 3. The first-order valence-electron chi connectivity index (χ1n) is 8.14. The second kappa shape index (κ2) is 7.67. The number of hydrogen-bond acceptors (Lipinski definition) is 4. The normalized spacial score (nSPS) is 16.1. The van der Waals surface area contributed by atoms with Crippen molar-refractivity contribution in [3.05, 3.63) is 48.0 Å². The van der Waals surface area contributed by atoms with E-state index in [2.05, 4.69) is 16.0 Å². The molecule has 1 heterocycles. The lowest BCUT2D eigenvalue weighted by atomic mass is 10.2. The van der Waals surface area contributed by atoms with Gasteiger partial charge in [-0.1, -0.05) is 0 Å². The predicted molar refractivity (Wildman–Crippen MR) is 93.5 cm³/mol. The lowest BCUT2D eigenvalue weighted by molar-refractivity contribution is -0.137. The van der Waals surface area contributed by atoms with Gasteiger partial charge in [0.25, 0.3) is 0 Å². The number of urea groups is 1. The lowest BCUT2D eigenvalue weighted by Crippen LogP contribution is -2.38. The zero-order valence-corrected chi connectivity index (χ0v) is 14.6. The van der Waals surface area contributed by atoms with Gasteiger partial charge in [-0.3, -0.25) is 4.79 Å². The van der Waals surface area contributed by atoms with E-state index in [0.717, 1.165) is 12.1 Å². The molecule has 1 aliphatic rings. The maximum absolute atomic E-state index is 12.6. The molecule has 0 radical (unpaired) electrons. The minimum atomic E-state index is -4.43. The standard InChI is InChI=1S/C18H16F3N3O4/c1-27-15-7-6-12(28-11-4-2-10(3-5-11)18(19,20)21)8-13(15)23-16(25)14-9-22-17(26)24-14/h2-8,14H,9H2,1H3,(H,23,25)(H2,22,24,26). The third-order valence-corrected chi connectivity index (χ3v) is 3.93. The summed E-state index contributed by atoms with van der Waals surface area (Å²) in [6, 6.07) is 7.61. The van der Waals surface area contributed by atoms with Crippen LogP contribution in [0.15, 0.2) is 42.5 Å². The molecule has 0 saturated carbocycles. The van der Waals surface area contributed by atoms with E-state index in [1.807, 2.05) is 0 Å². The van der Waals surface area contributed by atoms with Gasteiger partial charge in [-0.25, -0.2) is 4.79 Å². The highest BCUT2D eigenvalue weighted by molar-refractivity contribution is 5.99. The van der Waals surface area contributed by atoms with E-state index < -0.39 is 29.7 Å². The Bertz CT molecular complexity index is 885. The fourth-order valence-electron chi connectivity index (χ4n) is 2.53. The quantitative estimate of drug-likeness (QED) is 0.726. The van der Waals surface area contributed by atoms with Gasteiger partial charge in [-0.2, -0.15) is 13.2 Å². The maximum Gasteiger partial charge on any atom is 0.416 e. The van der Waals surface area contributed by atoms with Crippen molar-refractivity contribution in [2.75, 3.05) is 19.0 Å². The smallest absolute Gasteiger partial charge is 0.416 e. The van der Waals surface area contributed by atoms with Crippen molar-refractivity contribution in [1.82, 2.24) is 10.6 Å². The molecule has 10 heteroatoms. The largest absolute Gasteiger partial charge is 0.495 e. The Morgan fingerprint density at radius 2 is 1.82 bits per heavy atom. The zero-order chi connectivity index (χ0) is 20.3. The summed E-state index contributed by atoms with van der Waals surface area (Å²) >= 11 is 0. The molecule has 3 rings (SSSR count). The molecule has 0 spiro atoms. The summed E-state index contributed by atoms with van der Waals surface area (Å²) in [6.45, 7) is 0.148. The third-order valence-electron chi connectivity index (χ3n) is 3.93. The van der Waals surface area contributed by atoms with Crippen molar-refractivity contribution < 1.29 is 32.2 Å². The van der Waals surface area contributed by atoms with Crippen LogP contribution >= 0.6 is 0 Å². The van der Waals surface area contributed by atoms with Crippen molar-refractivity contribution in [1.29, 1.82) is 0 Å². The summed E-state index contributed by atoms with van der Waals surface area (Å²) in [6.07, 6.45) is -4.43. The van der Waals surface area contributed by atoms with E-state index in [1.54, 1.807) is 12.1 Å². The van der Waals surface area contributed by atoms with Crippen molar-refractivity contribution >= 4 is 17.6 Å². The van der Waals surface area contributed by atoms with Crippen LogP contribution in [0.1, 0.15) is 5.56 Å². The fourth-order valence-corrected chi connectivity index (χ4v) is 2.53. The molecule has 2 aromatic rings. The van der Waals surface area contributed by atoms with Crippen molar-refractivity contribution in [3.8, 4) is 17.2 Å². The number of amides is 3. The van der Waals surface area contributed by atoms with Crippen LogP contribution < -0.4 is 25.4 Å². The number of methoxy groups -OCH3 is 1. The molecule has 1 fully saturated rings. The van der Waals surface area contributed by atoms with Crippen LogP contribution in [-0.4, -0.2) is 31.6 Å². The summed E-state index contributed by atoms with van der Waals surface area (Å²) in [7, 11) is 1.42. The average Bonchev–Trinajstić information content (AvgIpc) is 3.08. The number of rotatable bonds is 5. The molecule has 1 unspecified atom stereocenters. The Labute approximate surface area is 157 Å². The van der Waals surface area contributed by atoms with Crippen LogP contribution in [0.2, 0.25) is 0 Å². The first-order chi connectivity index (χ1) is 13.3. The van der Waals surface area contributed by atoms with E-state index in [1.165, 1.54) is 25.3 Å². The minimum Gasteiger partial charge on any atom is -0.495 e. The van der Waals surface area contributed by atoms with Gasteiger partial charge in [0.15, 0.2) is 0 Å². The Hall–Kier alpha value is -3.43. The summed E-state index contributed by atoms with van der Waals surface area (Å²) in [5.74, 6) is 0.376. The second-order valence-electron chi connectivity index (χ2n) is 5.88. The van der Waals surface area contributed by atoms with Gasteiger partial charge in [0, 0.05) is 12.6 Å². The Kier molecular flexibility index (Phi) is 5.30. The van der Waals surface area contributed by atoms with Gasteiger partial charge in [-0.05, 0) is 36.4 Å². The van der Waals surface area contributed by atoms with Gasteiger partial charge in [-0.15, -0.1) is 0 Å². The molecule has 28 heavy (non-hydrogen) atoms. The SMILES string of the molecule is COc1ccc(Oc2ccc(C(F)(F)F)cc2)cc1NC(=O)C1CNC(=O)N1. The molecule has 0 aliphatic carbocycles. The van der Waals surface area contributed by atoms with E-state index in [4.69, 9.17) is 9.47 Å². The number of benzene rings is 2. The number of alkyl halides is 3. The molecular weight excluding hydrogens is 379 g/mol. The molecule has 0 bridgehead atoms. The molecule has 0 aromatic heterocycles. The minimum absolute atomic E-state index is 0.148. The van der Waals surface area contributed by atoms with Crippen molar-refractivity contribution in [3.63, 3.8) is 0 Å². The molecule has 1 saturated heterocycles. The van der Waals surface area contributed by atoms with E-state index in [0.29, 0.717) is 5.75 Å². The van der Waals surface area contributed by atoms with E-state index in [-0.39, 0.29) is 23.7 Å². The van der Waals surface area contributed by atoms with Crippen LogP contribution in [0.4, 0.5) is 23.7 Å². The molecule has 3 amide bonds. The number of anilines is 1. The van der Waals surface area contributed by atoms with Crippen LogP contribution in [0.5, 0.6) is 17.2 Å². The monoisotopic (exact) mass is 395 g/mol. The van der Waals surface area contributed by atoms with Crippen LogP contribution in [0.25, 0.3) is 0 Å². The number of ether oxygens (including phenoxy) is 2. The molecular formula is C18H16F3N3O4. The van der Waals surface area contributed by atoms with Gasteiger partial charge in [0.2, 0.25) is 5.91 Å².